The summed E-state index contributed by atoms with van der Waals surface area (Å²) in [6.45, 7) is 8.62. The first-order valence-electron chi connectivity index (χ1n) is 9.78. The largest absolute Gasteiger partial charge is 0.461 e. The molecule has 0 amide bonds. The van der Waals surface area contributed by atoms with E-state index in [2.05, 4.69) is 30.5 Å². The molecule has 2 N–H and O–H groups in total. The zero-order valence-corrected chi connectivity index (χ0v) is 16.2. The summed E-state index contributed by atoms with van der Waals surface area (Å²) in [5.41, 5.74) is 8.90. The van der Waals surface area contributed by atoms with Gasteiger partial charge in [0, 0.05) is 19.6 Å². The lowest BCUT2D eigenvalue weighted by Gasteiger charge is -2.33. The zero-order chi connectivity index (χ0) is 19.3. The maximum Gasteiger partial charge on any atom is 0.331 e. The third kappa shape index (κ3) is 4.57. The van der Waals surface area contributed by atoms with Crippen LogP contribution in [0, 0.1) is 0 Å². The van der Waals surface area contributed by atoms with Gasteiger partial charge < -0.3 is 10.5 Å². The number of nitrogens with zero attached hydrogens (tertiary/aromatic N) is 1. The number of carbonyl (C=O) groups excluding carboxylic acids is 1. The standard InChI is InChI=1S/C23H30N2O2/c1-3-4-5-8-18(2)17-25-15-12-20(13-16-25)27-22(26)23(24)14-11-19-9-6-7-10-21(19)23/h3-10,20H,1,11-17,24H2,2H3/b5-4-,18-8+. The van der Waals surface area contributed by atoms with Gasteiger partial charge in [-0.2, -0.15) is 0 Å². The minimum Gasteiger partial charge on any atom is -0.461 e. The fraction of sp³-hybridized carbons (Fsp3) is 0.435. The summed E-state index contributed by atoms with van der Waals surface area (Å²) in [5.74, 6) is -0.267. The first-order chi connectivity index (χ1) is 13.0. The van der Waals surface area contributed by atoms with Crippen LogP contribution in [0.3, 0.4) is 0 Å². The van der Waals surface area contributed by atoms with E-state index in [0.717, 1.165) is 44.5 Å². The zero-order valence-electron chi connectivity index (χ0n) is 16.2. The molecule has 0 aromatic heterocycles. The fourth-order valence-corrected chi connectivity index (χ4v) is 4.00. The molecule has 4 nitrogen and oxygen atoms in total. The van der Waals surface area contributed by atoms with Crippen LogP contribution in [0.15, 0.2) is 60.7 Å². The Morgan fingerprint density at radius 3 is 2.81 bits per heavy atom. The van der Waals surface area contributed by atoms with E-state index in [0.29, 0.717) is 6.42 Å². The Morgan fingerprint density at radius 1 is 1.33 bits per heavy atom. The molecule has 3 rings (SSSR count). The van der Waals surface area contributed by atoms with Gasteiger partial charge in [0.05, 0.1) is 0 Å². The molecule has 1 heterocycles. The second kappa shape index (κ2) is 8.68. The average Bonchev–Trinajstić information content (AvgIpc) is 3.02. The number of hydrogen-bond acceptors (Lipinski definition) is 4. The average molecular weight is 367 g/mol. The highest BCUT2D eigenvalue weighted by atomic mass is 16.5. The van der Waals surface area contributed by atoms with Crippen LogP contribution in [0.25, 0.3) is 0 Å². The molecule has 1 aromatic rings. The number of allylic oxidation sites excluding steroid dienone is 4. The molecule has 27 heavy (non-hydrogen) atoms. The summed E-state index contributed by atoms with van der Waals surface area (Å²) in [6, 6.07) is 7.95. The maximum absolute atomic E-state index is 12.8. The molecule has 1 fully saturated rings. The number of carbonyl (C=O) groups is 1. The van der Waals surface area contributed by atoms with Gasteiger partial charge in [0.25, 0.3) is 0 Å². The first-order valence-corrected chi connectivity index (χ1v) is 9.78. The van der Waals surface area contributed by atoms with Crippen molar-refractivity contribution >= 4 is 5.97 Å². The van der Waals surface area contributed by atoms with Gasteiger partial charge in [0.15, 0.2) is 0 Å². The van der Waals surface area contributed by atoms with E-state index in [1.54, 1.807) is 6.08 Å². The number of hydrogen-bond donors (Lipinski definition) is 1. The van der Waals surface area contributed by atoms with E-state index in [1.165, 1.54) is 11.1 Å². The molecule has 1 atom stereocenters. The summed E-state index contributed by atoms with van der Waals surface area (Å²) in [5, 5.41) is 0. The van der Waals surface area contributed by atoms with Crippen molar-refractivity contribution in [1.82, 2.24) is 4.90 Å². The van der Waals surface area contributed by atoms with Gasteiger partial charge in [-0.05, 0) is 43.7 Å². The Kier molecular flexibility index (Phi) is 6.30. The number of likely N-dealkylation sites (tertiary alicyclic amines) is 1. The summed E-state index contributed by atoms with van der Waals surface area (Å²) in [4.78, 5) is 15.2. The SMILES string of the molecule is C=C/C=C\C=C(/C)CN1CCC(OC(=O)C2(N)CCc3ccccc32)CC1. The number of aryl methyl sites for hydroxylation is 1. The van der Waals surface area contributed by atoms with Gasteiger partial charge in [-0.25, -0.2) is 4.79 Å². The third-order valence-corrected chi connectivity index (χ3v) is 5.56. The van der Waals surface area contributed by atoms with E-state index in [4.69, 9.17) is 10.5 Å². The van der Waals surface area contributed by atoms with Gasteiger partial charge >= 0.3 is 5.97 Å². The Balaban J connectivity index is 1.51. The first kappa shape index (κ1) is 19.6. The van der Waals surface area contributed by atoms with E-state index in [-0.39, 0.29) is 12.1 Å². The predicted molar refractivity (Wildman–Crippen MR) is 109 cm³/mol. The lowest BCUT2D eigenvalue weighted by molar-refractivity contribution is -0.158. The molecule has 1 unspecified atom stereocenters. The molecule has 1 aliphatic carbocycles. The highest BCUT2D eigenvalue weighted by Crippen LogP contribution is 2.36. The summed E-state index contributed by atoms with van der Waals surface area (Å²) >= 11 is 0. The quantitative estimate of drug-likeness (QED) is 0.619. The molecule has 1 aromatic carbocycles. The van der Waals surface area contributed by atoms with Crippen molar-refractivity contribution in [3.05, 3.63) is 71.8 Å². The van der Waals surface area contributed by atoms with Crippen molar-refractivity contribution in [2.45, 2.75) is 44.2 Å². The van der Waals surface area contributed by atoms with E-state index < -0.39 is 5.54 Å². The number of benzene rings is 1. The van der Waals surface area contributed by atoms with Crippen molar-refractivity contribution in [3.63, 3.8) is 0 Å². The van der Waals surface area contributed by atoms with Crippen LogP contribution in [-0.4, -0.2) is 36.6 Å². The number of esters is 1. The van der Waals surface area contributed by atoms with Crippen LogP contribution >= 0.6 is 0 Å². The van der Waals surface area contributed by atoms with E-state index in [9.17, 15) is 4.79 Å². The van der Waals surface area contributed by atoms with Crippen LogP contribution < -0.4 is 5.73 Å². The molecule has 2 aliphatic rings. The molecule has 1 saturated heterocycles. The van der Waals surface area contributed by atoms with Gasteiger partial charge in [0.2, 0.25) is 0 Å². The molecular formula is C23H30N2O2. The lowest BCUT2D eigenvalue weighted by atomic mass is 9.93. The molecule has 1 aliphatic heterocycles. The summed E-state index contributed by atoms with van der Waals surface area (Å²) in [7, 11) is 0. The number of rotatable bonds is 6. The van der Waals surface area contributed by atoms with Crippen molar-refractivity contribution in [2.75, 3.05) is 19.6 Å². The smallest absolute Gasteiger partial charge is 0.331 e. The Bertz CT molecular complexity index is 745. The molecule has 144 valence electrons. The third-order valence-electron chi connectivity index (χ3n) is 5.56. The van der Waals surface area contributed by atoms with Crippen LogP contribution in [0.5, 0.6) is 0 Å². The molecule has 4 heteroatoms. The molecule has 0 saturated carbocycles. The molecule has 0 spiro atoms. The van der Waals surface area contributed by atoms with Crippen molar-refractivity contribution in [3.8, 4) is 0 Å². The molecular weight excluding hydrogens is 336 g/mol. The lowest BCUT2D eigenvalue weighted by Crippen LogP contribution is -2.47. The van der Waals surface area contributed by atoms with Crippen LogP contribution in [-0.2, 0) is 21.5 Å². The minimum absolute atomic E-state index is 0.0353. The van der Waals surface area contributed by atoms with Gasteiger partial charge in [-0.15, -0.1) is 0 Å². The number of fused-ring (bicyclic) bond motifs is 1. The summed E-state index contributed by atoms with van der Waals surface area (Å²) < 4.78 is 5.84. The van der Waals surface area contributed by atoms with Crippen molar-refractivity contribution in [1.29, 1.82) is 0 Å². The molecule has 0 radical (unpaired) electrons. The number of nitrogens with two attached hydrogens (primary N) is 1. The van der Waals surface area contributed by atoms with Gasteiger partial charge in [0.1, 0.15) is 11.6 Å². The van der Waals surface area contributed by atoms with Gasteiger partial charge in [-0.1, -0.05) is 60.7 Å². The number of piperidine rings is 1. The van der Waals surface area contributed by atoms with Crippen LogP contribution in [0.4, 0.5) is 0 Å². The highest BCUT2D eigenvalue weighted by molar-refractivity contribution is 5.84. The predicted octanol–water partition coefficient (Wildman–Crippen LogP) is 3.48. The highest BCUT2D eigenvalue weighted by Gasteiger charge is 2.44. The monoisotopic (exact) mass is 366 g/mol. The Labute approximate surface area is 162 Å². The van der Waals surface area contributed by atoms with Crippen molar-refractivity contribution in [2.24, 2.45) is 5.73 Å². The topological polar surface area (TPSA) is 55.6 Å². The Hall–Kier alpha value is -2.17. The van der Waals surface area contributed by atoms with Crippen molar-refractivity contribution < 1.29 is 9.53 Å². The maximum atomic E-state index is 12.8. The van der Waals surface area contributed by atoms with Gasteiger partial charge in [-0.3, -0.25) is 4.90 Å². The van der Waals surface area contributed by atoms with E-state index in [1.807, 2.05) is 30.4 Å². The minimum atomic E-state index is -0.982. The number of ether oxygens (including phenoxy) is 1. The fourth-order valence-electron chi connectivity index (χ4n) is 4.00. The van der Waals surface area contributed by atoms with Crippen LogP contribution in [0.2, 0.25) is 0 Å². The Morgan fingerprint density at radius 2 is 2.07 bits per heavy atom. The normalized spacial score (nSPS) is 24.1. The summed E-state index contributed by atoms with van der Waals surface area (Å²) in [6.07, 6.45) is 11.0. The molecule has 0 bridgehead atoms. The van der Waals surface area contributed by atoms with Crippen LogP contribution in [0.1, 0.15) is 37.3 Å². The second-order valence-corrected chi connectivity index (χ2v) is 7.64. The van der Waals surface area contributed by atoms with E-state index >= 15 is 0 Å². The second-order valence-electron chi connectivity index (χ2n) is 7.64.